The van der Waals surface area contributed by atoms with E-state index in [2.05, 4.69) is 50.9 Å². The average Bonchev–Trinajstić information content (AvgIpc) is 2.84. The van der Waals surface area contributed by atoms with Crippen LogP contribution in [0, 0.1) is 13.8 Å². The predicted molar refractivity (Wildman–Crippen MR) is 84.6 cm³/mol. The molecule has 1 amide bonds. The van der Waals surface area contributed by atoms with Crippen molar-refractivity contribution in [2.75, 3.05) is 10.6 Å². The van der Waals surface area contributed by atoms with Gasteiger partial charge in [0, 0.05) is 11.3 Å². The van der Waals surface area contributed by atoms with Gasteiger partial charge >= 0.3 is 0 Å². The number of rotatable bonds is 5. The largest absolute Gasteiger partial charge is 0.347 e. The molecule has 6 nitrogen and oxygen atoms in total. The van der Waals surface area contributed by atoms with Gasteiger partial charge in [0.2, 0.25) is 17.8 Å². The lowest BCUT2D eigenvalue weighted by Crippen LogP contribution is -2.16. The Morgan fingerprint density at radius 2 is 2.00 bits per heavy atom. The highest BCUT2D eigenvalue weighted by Crippen LogP contribution is 2.25. The number of aromatic nitrogens is 3. The van der Waals surface area contributed by atoms with E-state index in [9.17, 15) is 4.79 Å². The van der Waals surface area contributed by atoms with Crippen molar-refractivity contribution in [2.45, 2.75) is 40.2 Å². The lowest BCUT2D eigenvalue weighted by molar-refractivity contribution is -0.115. The number of amides is 1. The van der Waals surface area contributed by atoms with Crippen molar-refractivity contribution in [2.24, 2.45) is 0 Å². The smallest absolute Gasteiger partial charge is 0.234 e. The number of hydrogen-bond donors (Lipinski definition) is 2. The predicted octanol–water partition coefficient (Wildman–Crippen LogP) is 3.07. The van der Waals surface area contributed by atoms with Crippen LogP contribution in [0.4, 0.5) is 11.9 Å². The van der Waals surface area contributed by atoms with Crippen LogP contribution in [0.25, 0.3) is 0 Å². The molecule has 112 valence electrons. The maximum absolute atomic E-state index is 11.4. The first kappa shape index (κ1) is 15.4. The summed E-state index contributed by atoms with van der Waals surface area (Å²) in [6, 6.07) is 2.19. The van der Waals surface area contributed by atoms with Crippen molar-refractivity contribution >= 4 is 29.1 Å². The molecule has 1 unspecified atom stereocenters. The van der Waals surface area contributed by atoms with Crippen LogP contribution >= 0.6 is 11.3 Å². The molecule has 0 fully saturated rings. The normalized spacial score (nSPS) is 12.0. The Kier molecular flexibility index (Phi) is 4.85. The highest BCUT2D eigenvalue weighted by Gasteiger charge is 2.13. The van der Waals surface area contributed by atoms with Gasteiger partial charge in [-0.25, -0.2) is 0 Å². The van der Waals surface area contributed by atoms with Gasteiger partial charge in [0.15, 0.2) is 0 Å². The molecule has 0 saturated carbocycles. The first-order valence-electron chi connectivity index (χ1n) is 6.82. The number of thiophene rings is 1. The fourth-order valence-electron chi connectivity index (χ4n) is 1.90. The number of aryl methyl sites for hydroxylation is 2. The summed E-state index contributed by atoms with van der Waals surface area (Å²) in [5.41, 5.74) is 1.24. The highest BCUT2D eigenvalue weighted by atomic mass is 32.1. The molecule has 0 bridgehead atoms. The second-order valence-electron chi connectivity index (χ2n) is 4.77. The number of carbonyl (C=O) groups is 1. The molecule has 0 aromatic carbocycles. The van der Waals surface area contributed by atoms with E-state index in [4.69, 9.17) is 0 Å². The zero-order valence-corrected chi connectivity index (χ0v) is 13.4. The number of anilines is 2. The van der Waals surface area contributed by atoms with Gasteiger partial charge in [-0.3, -0.25) is 10.1 Å². The summed E-state index contributed by atoms with van der Waals surface area (Å²) in [4.78, 5) is 25.3. The zero-order chi connectivity index (χ0) is 15.4. The van der Waals surface area contributed by atoms with Crippen molar-refractivity contribution in [1.29, 1.82) is 0 Å². The van der Waals surface area contributed by atoms with E-state index < -0.39 is 0 Å². The third-order valence-electron chi connectivity index (χ3n) is 2.96. The maximum atomic E-state index is 11.4. The summed E-state index contributed by atoms with van der Waals surface area (Å²) in [7, 11) is 0. The maximum Gasteiger partial charge on any atom is 0.234 e. The lowest BCUT2D eigenvalue weighted by Gasteiger charge is -2.14. The molecule has 0 aliphatic rings. The second-order valence-corrected chi connectivity index (χ2v) is 5.71. The van der Waals surface area contributed by atoms with Crippen LogP contribution in [0.3, 0.4) is 0 Å². The average molecular weight is 305 g/mol. The van der Waals surface area contributed by atoms with Gasteiger partial charge in [0.05, 0.1) is 6.04 Å². The molecule has 0 aliphatic heterocycles. The highest BCUT2D eigenvalue weighted by molar-refractivity contribution is 7.10. The quantitative estimate of drug-likeness (QED) is 0.887. The van der Waals surface area contributed by atoms with E-state index in [0.717, 1.165) is 0 Å². The molecule has 0 aliphatic carbocycles. The molecule has 7 heteroatoms. The number of nitrogens with one attached hydrogen (secondary N) is 2. The molecule has 1 atom stereocenters. The van der Waals surface area contributed by atoms with Gasteiger partial charge < -0.3 is 5.32 Å². The van der Waals surface area contributed by atoms with Crippen molar-refractivity contribution < 1.29 is 4.79 Å². The molecule has 21 heavy (non-hydrogen) atoms. The zero-order valence-electron chi connectivity index (χ0n) is 12.6. The van der Waals surface area contributed by atoms with Crippen LogP contribution < -0.4 is 10.6 Å². The molecule has 2 aromatic rings. The third-order valence-corrected chi connectivity index (χ3v) is 4.16. The Hall–Kier alpha value is -2.02. The summed E-state index contributed by atoms with van der Waals surface area (Å²) in [5.74, 6) is 1.20. The second kappa shape index (κ2) is 6.62. The molecule has 2 rings (SSSR count). The van der Waals surface area contributed by atoms with Crippen molar-refractivity contribution in [3.05, 3.63) is 27.7 Å². The Bertz CT molecular complexity index is 640. The molecule has 0 radical (unpaired) electrons. The molecule has 2 aromatic heterocycles. The lowest BCUT2D eigenvalue weighted by atomic mass is 10.2. The monoisotopic (exact) mass is 305 g/mol. The molecular weight excluding hydrogens is 286 g/mol. The van der Waals surface area contributed by atoms with Crippen molar-refractivity contribution in [1.82, 2.24) is 15.0 Å². The van der Waals surface area contributed by atoms with Crippen LogP contribution in [0.1, 0.15) is 42.6 Å². The summed E-state index contributed by atoms with van der Waals surface area (Å²) in [5, 5.41) is 7.97. The molecule has 2 N–H and O–H groups in total. The standard InChI is InChI=1S/C14H19N5OS/c1-5-11(20)18-14-17-10(4)16-13(19-14)15-9(3)12-8(2)6-7-21-12/h6-7,9H,5H2,1-4H3,(H2,15,16,17,18,19,20). The van der Waals surface area contributed by atoms with Gasteiger partial charge in [-0.1, -0.05) is 6.92 Å². The van der Waals surface area contributed by atoms with Crippen LogP contribution in [0.5, 0.6) is 0 Å². The minimum absolute atomic E-state index is 0.0986. The van der Waals surface area contributed by atoms with Crippen LogP contribution in [0.2, 0.25) is 0 Å². The molecular formula is C14H19N5OS. The van der Waals surface area contributed by atoms with E-state index >= 15 is 0 Å². The molecule has 2 heterocycles. The first-order chi connectivity index (χ1) is 9.99. The third kappa shape index (κ3) is 3.98. The summed E-state index contributed by atoms with van der Waals surface area (Å²) >= 11 is 1.70. The topological polar surface area (TPSA) is 79.8 Å². The molecule has 0 spiro atoms. The number of carbonyl (C=O) groups excluding carboxylic acids is 1. The van der Waals surface area contributed by atoms with E-state index in [1.807, 2.05) is 0 Å². The van der Waals surface area contributed by atoms with E-state index in [1.165, 1.54) is 10.4 Å². The van der Waals surface area contributed by atoms with Gasteiger partial charge in [0.25, 0.3) is 0 Å². The van der Waals surface area contributed by atoms with Gasteiger partial charge in [-0.05, 0) is 37.8 Å². The van der Waals surface area contributed by atoms with E-state index in [0.29, 0.717) is 18.2 Å². The van der Waals surface area contributed by atoms with Gasteiger partial charge in [-0.2, -0.15) is 15.0 Å². The Morgan fingerprint density at radius 3 is 2.62 bits per heavy atom. The summed E-state index contributed by atoms with van der Waals surface area (Å²) in [6.07, 6.45) is 0.387. The minimum Gasteiger partial charge on any atom is -0.347 e. The Labute approximate surface area is 128 Å². The van der Waals surface area contributed by atoms with Crippen molar-refractivity contribution in [3.63, 3.8) is 0 Å². The first-order valence-corrected chi connectivity index (χ1v) is 7.70. The molecule has 0 saturated heterocycles. The Balaban J connectivity index is 2.16. The SMILES string of the molecule is CCC(=O)Nc1nc(C)nc(NC(C)c2sccc2C)n1. The van der Waals surface area contributed by atoms with Crippen LogP contribution in [-0.4, -0.2) is 20.9 Å². The number of hydrogen-bond acceptors (Lipinski definition) is 6. The van der Waals surface area contributed by atoms with Crippen molar-refractivity contribution in [3.8, 4) is 0 Å². The van der Waals surface area contributed by atoms with E-state index in [1.54, 1.807) is 25.2 Å². The fraction of sp³-hybridized carbons (Fsp3) is 0.429. The minimum atomic E-state index is -0.117. The fourth-order valence-corrected chi connectivity index (χ4v) is 2.84. The number of nitrogens with zero attached hydrogens (tertiary/aromatic N) is 3. The van der Waals surface area contributed by atoms with Gasteiger partial charge in [0.1, 0.15) is 5.82 Å². The summed E-state index contributed by atoms with van der Waals surface area (Å²) < 4.78 is 0. The summed E-state index contributed by atoms with van der Waals surface area (Å²) in [6.45, 7) is 7.69. The van der Waals surface area contributed by atoms with Gasteiger partial charge in [-0.15, -0.1) is 11.3 Å². The Morgan fingerprint density at radius 1 is 1.29 bits per heavy atom. The van der Waals surface area contributed by atoms with Crippen LogP contribution in [-0.2, 0) is 4.79 Å². The van der Waals surface area contributed by atoms with E-state index in [-0.39, 0.29) is 17.9 Å². The van der Waals surface area contributed by atoms with Crippen LogP contribution in [0.15, 0.2) is 11.4 Å².